The van der Waals surface area contributed by atoms with Crippen LogP contribution in [0.3, 0.4) is 0 Å². The van der Waals surface area contributed by atoms with Gasteiger partial charge in [-0.3, -0.25) is 4.79 Å². The first-order valence-electron chi connectivity index (χ1n) is 9.62. The Balaban J connectivity index is 1.97. The number of Topliss-reactive ketones (excluding diaryl/α,β-unsaturated/α-hetero) is 1. The van der Waals surface area contributed by atoms with Gasteiger partial charge in [-0.05, 0) is 43.7 Å². The maximum Gasteiger partial charge on any atom is 0.331 e. The van der Waals surface area contributed by atoms with E-state index in [9.17, 15) is 9.59 Å². The van der Waals surface area contributed by atoms with Crippen molar-refractivity contribution in [2.45, 2.75) is 20.4 Å². The number of ketones is 1. The smallest absolute Gasteiger partial charge is 0.331 e. The zero-order valence-electron chi connectivity index (χ0n) is 18.1. The van der Waals surface area contributed by atoms with E-state index in [0.29, 0.717) is 35.8 Å². The highest BCUT2D eigenvalue weighted by Gasteiger charge is 2.16. The summed E-state index contributed by atoms with van der Waals surface area (Å²) < 4.78 is 22.7. The van der Waals surface area contributed by atoms with Gasteiger partial charge in [-0.1, -0.05) is 6.07 Å². The fraction of sp³-hybridized carbons (Fsp3) is 0.348. The third-order valence-electron chi connectivity index (χ3n) is 4.63. The number of carbonyl (C=O) groups excluding carboxylic acids is 2. The minimum Gasteiger partial charge on any atom is -0.493 e. The number of aryl methyl sites for hydroxylation is 1. The van der Waals surface area contributed by atoms with E-state index < -0.39 is 5.97 Å². The molecule has 0 radical (unpaired) electrons. The molecule has 164 valence electrons. The third kappa shape index (κ3) is 6.46. The summed E-state index contributed by atoms with van der Waals surface area (Å²) in [5, 5.41) is 8.61. The maximum atomic E-state index is 12.5. The Morgan fingerprint density at radius 2 is 1.94 bits per heavy atom. The highest BCUT2D eigenvalue weighted by atomic mass is 16.5. The van der Waals surface area contributed by atoms with Crippen LogP contribution < -0.4 is 9.47 Å². The van der Waals surface area contributed by atoms with Gasteiger partial charge < -0.3 is 23.5 Å². The van der Waals surface area contributed by atoms with Crippen molar-refractivity contribution in [1.82, 2.24) is 4.57 Å². The normalized spacial score (nSPS) is 10.7. The monoisotopic (exact) mass is 426 g/mol. The first-order chi connectivity index (χ1) is 14.9. The molecule has 0 saturated carbocycles. The van der Waals surface area contributed by atoms with Crippen LogP contribution in [-0.4, -0.2) is 50.4 Å². The molecule has 8 heteroatoms. The number of methoxy groups -OCH3 is 2. The summed E-state index contributed by atoms with van der Waals surface area (Å²) in [6.45, 7) is 4.52. The second kappa shape index (κ2) is 11.6. The number of aromatic nitrogens is 1. The summed E-state index contributed by atoms with van der Waals surface area (Å²) in [7, 11) is 3.11. The van der Waals surface area contributed by atoms with E-state index in [2.05, 4.69) is 0 Å². The van der Waals surface area contributed by atoms with Crippen LogP contribution in [-0.2, 0) is 20.8 Å². The van der Waals surface area contributed by atoms with E-state index in [1.165, 1.54) is 13.2 Å². The van der Waals surface area contributed by atoms with Crippen LogP contribution in [0.25, 0.3) is 6.08 Å². The van der Waals surface area contributed by atoms with Gasteiger partial charge in [0.2, 0.25) is 5.78 Å². The Bertz CT molecular complexity index is 1000. The maximum absolute atomic E-state index is 12.5. The SMILES string of the molecule is COCCn1c(C)cc(C(=O)COC(=O)C=Cc2ccc(OCC#N)c(OC)c2)c1C. The molecule has 1 aromatic heterocycles. The summed E-state index contributed by atoms with van der Waals surface area (Å²) in [6.07, 6.45) is 2.78. The van der Waals surface area contributed by atoms with Gasteiger partial charge in [0.1, 0.15) is 6.07 Å². The molecule has 1 aromatic carbocycles. The standard InChI is InChI=1S/C23H26N2O6/c1-16-13-19(17(2)25(16)10-12-28-3)20(26)15-31-23(27)8-6-18-5-7-21(30-11-9-24)22(14-18)29-4/h5-8,13-14H,10-12,15H2,1-4H3. The molecule has 0 atom stereocenters. The molecule has 2 rings (SSSR count). The molecule has 0 aliphatic heterocycles. The lowest BCUT2D eigenvalue weighted by atomic mass is 10.1. The van der Waals surface area contributed by atoms with Crippen LogP contribution in [0.15, 0.2) is 30.3 Å². The van der Waals surface area contributed by atoms with Crippen molar-refractivity contribution in [1.29, 1.82) is 5.26 Å². The lowest BCUT2D eigenvalue weighted by Crippen LogP contribution is -2.14. The van der Waals surface area contributed by atoms with E-state index in [1.807, 2.05) is 24.5 Å². The van der Waals surface area contributed by atoms with Gasteiger partial charge in [0.05, 0.1) is 13.7 Å². The first kappa shape index (κ1) is 23.7. The minimum atomic E-state index is -0.634. The van der Waals surface area contributed by atoms with Crippen molar-refractivity contribution in [2.24, 2.45) is 0 Å². The summed E-state index contributed by atoms with van der Waals surface area (Å²) in [4.78, 5) is 24.5. The fourth-order valence-electron chi connectivity index (χ4n) is 3.05. The van der Waals surface area contributed by atoms with E-state index in [4.69, 9.17) is 24.2 Å². The number of hydrogen-bond donors (Lipinski definition) is 0. The van der Waals surface area contributed by atoms with E-state index in [-0.39, 0.29) is 19.0 Å². The van der Waals surface area contributed by atoms with E-state index in [1.54, 1.807) is 37.5 Å². The van der Waals surface area contributed by atoms with Crippen molar-refractivity contribution in [3.8, 4) is 17.6 Å². The molecule has 8 nitrogen and oxygen atoms in total. The Kier molecular flexibility index (Phi) is 8.85. The number of esters is 1. The zero-order valence-corrected chi connectivity index (χ0v) is 18.1. The molecule has 0 aliphatic carbocycles. The molecule has 0 fully saturated rings. The molecule has 0 aliphatic rings. The number of ether oxygens (including phenoxy) is 4. The Labute approximate surface area is 181 Å². The third-order valence-corrected chi connectivity index (χ3v) is 4.63. The molecular weight excluding hydrogens is 400 g/mol. The van der Waals surface area contributed by atoms with Gasteiger partial charge in [0.15, 0.2) is 24.7 Å². The molecule has 0 bridgehead atoms. The van der Waals surface area contributed by atoms with Gasteiger partial charge in [0.25, 0.3) is 0 Å². The van der Waals surface area contributed by atoms with Crippen LogP contribution in [0, 0.1) is 25.2 Å². The topological polar surface area (TPSA) is 99.8 Å². The van der Waals surface area contributed by atoms with Crippen molar-refractivity contribution in [2.75, 3.05) is 34.0 Å². The minimum absolute atomic E-state index is 0.0966. The summed E-state index contributed by atoms with van der Waals surface area (Å²) in [5.74, 6) is -0.0354. The van der Waals surface area contributed by atoms with Crippen LogP contribution in [0.4, 0.5) is 0 Å². The second-order valence-electron chi connectivity index (χ2n) is 6.65. The lowest BCUT2D eigenvalue weighted by Gasteiger charge is -2.09. The Morgan fingerprint density at radius 1 is 1.16 bits per heavy atom. The molecular formula is C23H26N2O6. The number of nitriles is 1. The highest BCUT2D eigenvalue weighted by molar-refractivity contribution is 6.00. The highest BCUT2D eigenvalue weighted by Crippen LogP contribution is 2.28. The summed E-state index contributed by atoms with van der Waals surface area (Å²) in [6, 6.07) is 8.69. The average molecular weight is 426 g/mol. The molecule has 0 spiro atoms. The quantitative estimate of drug-likeness (QED) is 0.309. The van der Waals surface area contributed by atoms with E-state index >= 15 is 0 Å². The van der Waals surface area contributed by atoms with Crippen molar-refractivity contribution in [3.63, 3.8) is 0 Å². The van der Waals surface area contributed by atoms with Crippen LogP contribution in [0.2, 0.25) is 0 Å². The lowest BCUT2D eigenvalue weighted by molar-refractivity contribution is -0.136. The van der Waals surface area contributed by atoms with Gasteiger partial charge >= 0.3 is 5.97 Å². The van der Waals surface area contributed by atoms with Gasteiger partial charge in [-0.2, -0.15) is 5.26 Å². The number of benzene rings is 1. The van der Waals surface area contributed by atoms with Crippen LogP contribution >= 0.6 is 0 Å². The van der Waals surface area contributed by atoms with Crippen molar-refractivity contribution in [3.05, 3.63) is 52.9 Å². The largest absolute Gasteiger partial charge is 0.493 e. The molecule has 31 heavy (non-hydrogen) atoms. The van der Waals surface area contributed by atoms with Gasteiger partial charge in [0, 0.05) is 36.7 Å². The molecule has 1 heterocycles. The number of carbonyl (C=O) groups is 2. The Morgan fingerprint density at radius 3 is 2.61 bits per heavy atom. The van der Waals surface area contributed by atoms with Crippen LogP contribution in [0.5, 0.6) is 11.5 Å². The molecule has 2 aromatic rings. The number of nitrogens with zero attached hydrogens (tertiary/aromatic N) is 2. The number of rotatable bonds is 11. The number of hydrogen-bond acceptors (Lipinski definition) is 7. The van der Waals surface area contributed by atoms with Crippen molar-refractivity contribution >= 4 is 17.8 Å². The molecule has 0 N–H and O–H groups in total. The van der Waals surface area contributed by atoms with Crippen molar-refractivity contribution < 1.29 is 28.5 Å². The predicted molar refractivity (Wildman–Crippen MR) is 114 cm³/mol. The second-order valence-corrected chi connectivity index (χ2v) is 6.65. The van der Waals surface area contributed by atoms with Gasteiger partial charge in [-0.25, -0.2) is 4.79 Å². The summed E-state index contributed by atoms with van der Waals surface area (Å²) in [5.41, 5.74) is 2.96. The molecule has 0 amide bonds. The Hall–Kier alpha value is -3.57. The van der Waals surface area contributed by atoms with E-state index in [0.717, 1.165) is 11.4 Å². The van der Waals surface area contributed by atoms with Gasteiger partial charge in [-0.15, -0.1) is 0 Å². The summed E-state index contributed by atoms with van der Waals surface area (Å²) >= 11 is 0. The molecule has 0 unspecified atom stereocenters. The predicted octanol–water partition coefficient (Wildman–Crippen LogP) is 3.10. The first-order valence-corrected chi connectivity index (χ1v) is 9.62. The van der Waals surface area contributed by atoms with Crippen LogP contribution in [0.1, 0.15) is 27.3 Å². The average Bonchev–Trinajstić information content (AvgIpc) is 3.06. The fourth-order valence-corrected chi connectivity index (χ4v) is 3.05. The molecule has 0 saturated heterocycles. The zero-order chi connectivity index (χ0) is 22.8.